The van der Waals surface area contributed by atoms with Crippen molar-refractivity contribution >= 4 is 11.4 Å². The van der Waals surface area contributed by atoms with Crippen LogP contribution in [0.15, 0.2) is 18.2 Å². The Bertz CT molecular complexity index is 438. The van der Waals surface area contributed by atoms with Crippen LogP contribution in [0, 0.1) is 10.8 Å². The zero-order valence-corrected chi connectivity index (χ0v) is 12.0. The fourth-order valence-electron chi connectivity index (χ4n) is 2.63. The molecule has 0 heterocycles. The largest absolute Gasteiger partial charge is 0.492 e. The van der Waals surface area contributed by atoms with Gasteiger partial charge in [0.05, 0.1) is 12.3 Å². The maximum atomic E-state index is 5.88. The van der Waals surface area contributed by atoms with E-state index in [1.54, 1.807) is 0 Å². The van der Waals surface area contributed by atoms with Gasteiger partial charge in [-0.05, 0) is 29.9 Å². The molecular weight excluding hydrogens is 224 g/mol. The van der Waals surface area contributed by atoms with E-state index in [1.165, 1.54) is 0 Å². The zero-order valence-electron chi connectivity index (χ0n) is 12.0. The van der Waals surface area contributed by atoms with Gasteiger partial charge in [-0.2, -0.15) is 0 Å². The Morgan fingerprint density at radius 3 is 2.33 bits per heavy atom. The molecular formula is C15H24N2O. The third-order valence-electron chi connectivity index (χ3n) is 4.65. The number of ether oxygens (including phenoxy) is 1. The molecule has 0 unspecified atom stereocenters. The highest BCUT2D eigenvalue weighted by Gasteiger charge is 2.64. The van der Waals surface area contributed by atoms with Gasteiger partial charge in [0, 0.05) is 17.8 Å². The van der Waals surface area contributed by atoms with Gasteiger partial charge in [0.2, 0.25) is 0 Å². The van der Waals surface area contributed by atoms with E-state index >= 15 is 0 Å². The molecule has 3 nitrogen and oxygen atoms in total. The normalized spacial score (nSPS) is 20.5. The van der Waals surface area contributed by atoms with E-state index in [0.29, 0.717) is 29.2 Å². The van der Waals surface area contributed by atoms with Crippen LogP contribution in [0.2, 0.25) is 0 Å². The second-order valence-electron chi connectivity index (χ2n) is 6.21. The highest BCUT2D eigenvalue weighted by Crippen LogP contribution is 2.63. The number of nitrogens with one attached hydrogen (secondary N) is 1. The van der Waals surface area contributed by atoms with Crippen molar-refractivity contribution in [3.63, 3.8) is 0 Å². The summed E-state index contributed by atoms with van der Waals surface area (Å²) in [6.45, 7) is 11.8. The third kappa shape index (κ3) is 1.92. The predicted octanol–water partition coefficient (Wildman–Crippen LogP) is 3.51. The summed E-state index contributed by atoms with van der Waals surface area (Å²) in [5, 5.41) is 3.59. The van der Waals surface area contributed by atoms with Crippen LogP contribution in [0.5, 0.6) is 5.75 Å². The number of rotatable bonds is 4. The van der Waals surface area contributed by atoms with Crippen LogP contribution >= 0.6 is 0 Å². The van der Waals surface area contributed by atoms with Gasteiger partial charge in [0.25, 0.3) is 0 Å². The molecule has 0 aromatic heterocycles. The molecule has 100 valence electrons. The van der Waals surface area contributed by atoms with E-state index in [0.717, 1.165) is 11.4 Å². The summed E-state index contributed by atoms with van der Waals surface area (Å²) in [5.41, 5.74) is 8.29. The molecule has 0 amide bonds. The van der Waals surface area contributed by atoms with Gasteiger partial charge in [-0.15, -0.1) is 0 Å². The maximum Gasteiger partial charge on any atom is 0.144 e. The fourth-order valence-corrected chi connectivity index (χ4v) is 2.63. The lowest BCUT2D eigenvalue weighted by Crippen LogP contribution is -2.10. The molecule has 0 radical (unpaired) electrons. The Morgan fingerprint density at radius 2 is 1.83 bits per heavy atom. The van der Waals surface area contributed by atoms with Crippen molar-refractivity contribution in [3.05, 3.63) is 18.2 Å². The lowest BCUT2D eigenvalue weighted by molar-refractivity contribution is 0.342. The number of nitrogens with two attached hydrogens (primary N) is 1. The molecule has 3 N–H and O–H groups in total. The Labute approximate surface area is 110 Å². The van der Waals surface area contributed by atoms with Gasteiger partial charge in [0.1, 0.15) is 5.75 Å². The smallest absolute Gasteiger partial charge is 0.144 e. The van der Waals surface area contributed by atoms with E-state index in [4.69, 9.17) is 10.5 Å². The molecule has 1 aromatic rings. The molecule has 1 aliphatic rings. The van der Waals surface area contributed by atoms with Gasteiger partial charge < -0.3 is 15.8 Å². The Morgan fingerprint density at radius 1 is 1.22 bits per heavy atom. The SMILES string of the molecule is CCOc1cc(NC2C(C)(C)C2(C)C)ccc1N. The Hall–Kier alpha value is -1.38. The monoisotopic (exact) mass is 248 g/mol. The molecule has 3 heteroatoms. The average molecular weight is 248 g/mol. The Kier molecular flexibility index (Phi) is 2.96. The van der Waals surface area contributed by atoms with Crippen molar-refractivity contribution in [1.29, 1.82) is 0 Å². The number of hydrogen-bond acceptors (Lipinski definition) is 3. The lowest BCUT2D eigenvalue weighted by Gasteiger charge is -2.12. The van der Waals surface area contributed by atoms with Gasteiger partial charge >= 0.3 is 0 Å². The van der Waals surface area contributed by atoms with Crippen LogP contribution in [0.1, 0.15) is 34.6 Å². The number of anilines is 2. The van der Waals surface area contributed by atoms with Crippen molar-refractivity contribution in [2.75, 3.05) is 17.7 Å². The minimum Gasteiger partial charge on any atom is -0.492 e. The van der Waals surface area contributed by atoms with E-state index in [-0.39, 0.29) is 0 Å². The number of benzene rings is 1. The fraction of sp³-hybridized carbons (Fsp3) is 0.600. The summed E-state index contributed by atoms with van der Waals surface area (Å²) < 4.78 is 5.52. The van der Waals surface area contributed by atoms with Crippen molar-refractivity contribution in [2.24, 2.45) is 10.8 Å². The molecule has 1 saturated carbocycles. The topological polar surface area (TPSA) is 47.3 Å². The van der Waals surface area contributed by atoms with Crippen LogP contribution in [0.4, 0.5) is 11.4 Å². The molecule has 1 aromatic carbocycles. The van der Waals surface area contributed by atoms with Crippen LogP contribution in [0.3, 0.4) is 0 Å². The number of hydrogen-bond donors (Lipinski definition) is 2. The average Bonchev–Trinajstić information content (AvgIpc) is 2.66. The van der Waals surface area contributed by atoms with Gasteiger partial charge in [-0.1, -0.05) is 27.7 Å². The molecule has 0 spiro atoms. The number of nitrogen functional groups attached to an aromatic ring is 1. The summed E-state index contributed by atoms with van der Waals surface area (Å²) in [7, 11) is 0. The quantitative estimate of drug-likeness (QED) is 0.801. The Balaban J connectivity index is 2.14. The maximum absolute atomic E-state index is 5.88. The second-order valence-corrected chi connectivity index (χ2v) is 6.21. The molecule has 18 heavy (non-hydrogen) atoms. The zero-order chi connectivity index (χ0) is 13.6. The first-order chi connectivity index (χ1) is 8.30. The molecule has 2 rings (SSSR count). The van der Waals surface area contributed by atoms with Crippen LogP contribution < -0.4 is 15.8 Å². The van der Waals surface area contributed by atoms with Crippen LogP contribution in [0.25, 0.3) is 0 Å². The summed E-state index contributed by atoms with van der Waals surface area (Å²) in [6, 6.07) is 6.39. The van der Waals surface area contributed by atoms with E-state index in [9.17, 15) is 0 Å². The van der Waals surface area contributed by atoms with Gasteiger partial charge in [-0.25, -0.2) is 0 Å². The summed E-state index contributed by atoms with van der Waals surface area (Å²) in [5.74, 6) is 0.763. The first-order valence-electron chi connectivity index (χ1n) is 6.59. The first kappa shape index (κ1) is 13.1. The summed E-state index contributed by atoms with van der Waals surface area (Å²) in [6.07, 6.45) is 0. The predicted molar refractivity (Wildman–Crippen MR) is 77.0 cm³/mol. The van der Waals surface area contributed by atoms with Crippen molar-refractivity contribution in [3.8, 4) is 5.75 Å². The molecule has 0 saturated heterocycles. The minimum absolute atomic E-state index is 0.320. The van der Waals surface area contributed by atoms with Crippen molar-refractivity contribution in [1.82, 2.24) is 0 Å². The standard InChI is InChI=1S/C15H24N2O/c1-6-18-12-9-10(7-8-11(12)16)17-13-14(2,3)15(13,4)5/h7-9,13,17H,6,16H2,1-5H3. The summed E-state index contributed by atoms with van der Waals surface area (Å²) in [4.78, 5) is 0. The van der Waals surface area contributed by atoms with Crippen LogP contribution in [-0.2, 0) is 0 Å². The van der Waals surface area contributed by atoms with E-state index < -0.39 is 0 Å². The van der Waals surface area contributed by atoms with E-state index in [1.807, 2.05) is 25.1 Å². The van der Waals surface area contributed by atoms with Crippen molar-refractivity contribution < 1.29 is 4.74 Å². The third-order valence-corrected chi connectivity index (χ3v) is 4.65. The van der Waals surface area contributed by atoms with Gasteiger partial charge in [-0.3, -0.25) is 0 Å². The molecule has 1 aliphatic carbocycles. The minimum atomic E-state index is 0.320. The molecule has 0 aliphatic heterocycles. The van der Waals surface area contributed by atoms with E-state index in [2.05, 4.69) is 33.0 Å². The van der Waals surface area contributed by atoms with Crippen LogP contribution in [-0.4, -0.2) is 12.6 Å². The molecule has 0 bridgehead atoms. The molecule has 0 atom stereocenters. The summed E-state index contributed by atoms with van der Waals surface area (Å²) >= 11 is 0. The second kappa shape index (κ2) is 4.08. The lowest BCUT2D eigenvalue weighted by atomic mass is 10.0. The highest BCUT2D eigenvalue weighted by molar-refractivity contribution is 5.62. The van der Waals surface area contributed by atoms with Gasteiger partial charge in [0.15, 0.2) is 0 Å². The first-order valence-corrected chi connectivity index (χ1v) is 6.59. The highest BCUT2D eigenvalue weighted by atomic mass is 16.5. The van der Waals surface area contributed by atoms with Crippen molar-refractivity contribution in [2.45, 2.75) is 40.7 Å². The molecule has 1 fully saturated rings.